The lowest BCUT2D eigenvalue weighted by molar-refractivity contribution is -0.135. The van der Waals surface area contributed by atoms with E-state index in [1.54, 1.807) is 13.0 Å². The van der Waals surface area contributed by atoms with E-state index < -0.39 is 5.97 Å². The fraction of sp³-hybridized carbons (Fsp3) is 0.727. The summed E-state index contributed by atoms with van der Waals surface area (Å²) in [4.78, 5) is 10.9. The van der Waals surface area contributed by atoms with Crippen LogP contribution >= 0.6 is 0 Å². The molecule has 0 aromatic rings. The van der Waals surface area contributed by atoms with Crippen LogP contribution in [0.25, 0.3) is 0 Å². The molecule has 0 amide bonds. The fourth-order valence-corrected chi connectivity index (χ4v) is 1.05. The monoisotopic (exact) mass is 232 g/mol. The van der Waals surface area contributed by atoms with Crippen molar-refractivity contribution in [2.75, 3.05) is 21.0 Å². The van der Waals surface area contributed by atoms with Crippen LogP contribution in [-0.4, -0.2) is 44.3 Å². The van der Waals surface area contributed by atoms with Crippen molar-refractivity contribution >= 4 is 5.97 Å². The van der Waals surface area contributed by atoms with Gasteiger partial charge in [0.15, 0.2) is 0 Å². The second-order valence-electron chi connectivity index (χ2n) is 3.42. The molecular weight excluding hydrogens is 212 g/mol. The first-order valence-corrected chi connectivity index (χ1v) is 5.15. The van der Waals surface area contributed by atoms with E-state index in [4.69, 9.17) is 14.6 Å². The molecule has 0 saturated heterocycles. The van der Waals surface area contributed by atoms with Crippen molar-refractivity contribution in [2.24, 2.45) is 0 Å². The summed E-state index contributed by atoms with van der Waals surface area (Å²) in [5.41, 5.74) is 0. The molecule has 0 aliphatic rings. The van der Waals surface area contributed by atoms with E-state index >= 15 is 0 Å². The Hall–Kier alpha value is -0.910. The Morgan fingerprint density at radius 1 is 1.38 bits per heavy atom. The Kier molecular flexibility index (Phi) is 8.80. The van der Waals surface area contributed by atoms with Crippen LogP contribution < -0.4 is 0 Å². The standard InChI is InChI=1S/C11H20O5/c1-9(12)4-5-10(16-8-14-2)6-7-11(13)15-3/h6-7,9-10,12H,4-5,8H2,1-3H3/b7-6+/t9-,10-/m0/s1. The van der Waals surface area contributed by atoms with Gasteiger partial charge in [0.1, 0.15) is 6.79 Å². The van der Waals surface area contributed by atoms with Crippen LogP contribution in [0.1, 0.15) is 19.8 Å². The molecular formula is C11H20O5. The second-order valence-corrected chi connectivity index (χ2v) is 3.42. The average molecular weight is 232 g/mol. The summed E-state index contributed by atoms with van der Waals surface area (Å²) >= 11 is 0. The Morgan fingerprint density at radius 2 is 2.06 bits per heavy atom. The van der Waals surface area contributed by atoms with Gasteiger partial charge in [-0.3, -0.25) is 0 Å². The topological polar surface area (TPSA) is 65.0 Å². The van der Waals surface area contributed by atoms with Crippen LogP contribution in [-0.2, 0) is 19.0 Å². The molecule has 0 fully saturated rings. The minimum Gasteiger partial charge on any atom is -0.466 e. The summed E-state index contributed by atoms with van der Waals surface area (Å²) in [7, 11) is 2.84. The van der Waals surface area contributed by atoms with E-state index in [9.17, 15) is 4.79 Å². The summed E-state index contributed by atoms with van der Waals surface area (Å²) in [5, 5.41) is 9.15. The lowest BCUT2D eigenvalue weighted by atomic mass is 10.1. The smallest absolute Gasteiger partial charge is 0.330 e. The average Bonchev–Trinajstić information content (AvgIpc) is 2.27. The molecule has 94 valence electrons. The minimum atomic E-state index is -0.428. The highest BCUT2D eigenvalue weighted by atomic mass is 16.7. The quantitative estimate of drug-likeness (QED) is 0.382. The predicted octanol–water partition coefficient (Wildman–Crippen LogP) is 0.866. The normalized spacial score (nSPS) is 15.0. The number of carbonyl (C=O) groups excluding carboxylic acids is 1. The maximum absolute atomic E-state index is 10.9. The highest BCUT2D eigenvalue weighted by Gasteiger charge is 2.08. The maximum atomic E-state index is 10.9. The minimum absolute atomic E-state index is 0.149. The highest BCUT2D eigenvalue weighted by molar-refractivity contribution is 5.81. The summed E-state index contributed by atoms with van der Waals surface area (Å²) in [6, 6.07) is 0. The van der Waals surface area contributed by atoms with Crippen LogP contribution in [0.3, 0.4) is 0 Å². The second kappa shape index (κ2) is 9.33. The summed E-state index contributed by atoms with van der Waals surface area (Å²) in [6.45, 7) is 1.85. The van der Waals surface area contributed by atoms with Crippen LogP contribution in [0.15, 0.2) is 12.2 Å². The maximum Gasteiger partial charge on any atom is 0.330 e. The molecule has 0 unspecified atom stereocenters. The molecule has 16 heavy (non-hydrogen) atoms. The van der Waals surface area contributed by atoms with Gasteiger partial charge >= 0.3 is 5.97 Å². The third-order valence-electron chi connectivity index (χ3n) is 1.92. The molecule has 0 aliphatic carbocycles. The number of hydrogen-bond donors (Lipinski definition) is 1. The molecule has 0 aromatic heterocycles. The Balaban J connectivity index is 4.08. The van der Waals surface area contributed by atoms with Crippen molar-refractivity contribution in [3.63, 3.8) is 0 Å². The van der Waals surface area contributed by atoms with Gasteiger partial charge in [0.2, 0.25) is 0 Å². The molecule has 0 saturated carbocycles. The predicted molar refractivity (Wildman–Crippen MR) is 58.8 cm³/mol. The number of aliphatic hydroxyl groups excluding tert-OH is 1. The molecule has 2 atom stereocenters. The van der Waals surface area contributed by atoms with Crippen molar-refractivity contribution in [2.45, 2.75) is 32.0 Å². The van der Waals surface area contributed by atoms with Crippen molar-refractivity contribution < 1.29 is 24.1 Å². The molecule has 0 heterocycles. The molecule has 0 bridgehead atoms. The van der Waals surface area contributed by atoms with Crippen LogP contribution in [0.5, 0.6) is 0 Å². The summed E-state index contributed by atoms with van der Waals surface area (Å²) < 4.78 is 14.6. The lowest BCUT2D eigenvalue weighted by Gasteiger charge is -2.14. The van der Waals surface area contributed by atoms with Crippen LogP contribution in [0.2, 0.25) is 0 Å². The summed E-state index contributed by atoms with van der Waals surface area (Å²) in [5.74, 6) is -0.428. The number of methoxy groups -OCH3 is 2. The molecule has 0 aromatic carbocycles. The molecule has 0 aliphatic heterocycles. The first kappa shape index (κ1) is 15.1. The third-order valence-corrected chi connectivity index (χ3v) is 1.92. The van der Waals surface area contributed by atoms with Crippen molar-refractivity contribution in [3.05, 3.63) is 12.2 Å². The summed E-state index contributed by atoms with van der Waals surface area (Å²) in [6.07, 6.45) is 3.48. The highest BCUT2D eigenvalue weighted by Crippen LogP contribution is 2.07. The lowest BCUT2D eigenvalue weighted by Crippen LogP contribution is -2.15. The first-order chi connectivity index (χ1) is 7.60. The largest absolute Gasteiger partial charge is 0.466 e. The van der Waals surface area contributed by atoms with Crippen molar-refractivity contribution in [1.29, 1.82) is 0 Å². The number of rotatable bonds is 8. The van der Waals surface area contributed by atoms with Crippen molar-refractivity contribution in [3.8, 4) is 0 Å². The van der Waals surface area contributed by atoms with Gasteiger partial charge in [-0.15, -0.1) is 0 Å². The Bertz CT molecular complexity index is 212. The number of aliphatic hydroxyl groups is 1. The van der Waals surface area contributed by atoms with Gasteiger partial charge in [0.05, 0.1) is 19.3 Å². The van der Waals surface area contributed by atoms with Crippen molar-refractivity contribution in [1.82, 2.24) is 0 Å². The Labute approximate surface area is 96.0 Å². The third kappa shape index (κ3) is 8.40. The van der Waals surface area contributed by atoms with Gasteiger partial charge in [-0.05, 0) is 25.8 Å². The zero-order valence-electron chi connectivity index (χ0n) is 10.0. The number of hydrogen-bond acceptors (Lipinski definition) is 5. The molecule has 0 rings (SSSR count). The van der Waals surface area contributed by atoms with Gasteiger partial charge in [0.25, 0.3) is 0 Å². The van der Waals surface area contributed by atoms with E-state index in [1.807, 2.05) is 0 Å². The molecule has 5 nitrogen and oxygen atoms in total. The Morgan fingerprint density at radius 3 is 2.56 bits per heavy atom. The SMILES string of the molecule is COCO[C@H](/C=C/C(=O)OC)CC[C@H](C)O. The van der Waals surface area contributed by atoms with Gasteiger partial charge in [-0.2, -0.15) is 0 Å². The number of carbonyl (C=O) groups is 1. The number of ether oxygens (including phenoxy) is 3. The van der Waals surface area contributed by atoms with E-state index in [1.165, 1.54) is 20.3 Å². The molecule has 5 heteroatoms. The molecule has 0 radical (unpaired) electrons. The number of esters is 1. The first-order valence-electron chi connectivity index (χ1n) is 5.15. The van der Waals surface area contributed by atoms with Gasteiger partial charge in [-0.1, -0.05) is 0 Å². The van der Waals surface area contributed by atoms with E-state index in [-0.39, 0.29) is 19.0 Å². The van der Waals surface area contributed by atoms with E-state index in [0.29, 0.717) is 12.8 Å². The zero-order valence-corrected chi connectivity index (χ0v) is 10.0. The molecule has 1 N–H and O–H groups in total. The van der Waals surface area contributed by atoms with E-state index in [0.717, 1.165) is 0 Å². The van der Waals surface area contributed by atoms with Gasteiger partial charge < -0.3 is 19.3 Å². The van der Waals surface area contributed by atoms with Crippen LogP contribution in [0, 0.1) is 0 Å². The van der Waals surface area contributed by atoms with Gasteiger partial charge in [-0.25, -0.2) is 4.79 Å². The van der Waals surface area contributed by atoms with Crippen LogP contribution in [0.4, 0.5) is 0 Å². The van der Waals surface area contributed by atoms with E-state index in [2.05, 4.69) is 4.74 Å². The molecule has 0 spiro atoms. The fourth-order valence-electron chi connectivity index (χ4n) is 1.05. The zero-order chi connectivity index (χ0) is 12.4. The van der Waals surface area contributed by atoms with Gasteiger partial charge in [0, 0.05) is 13.2 Å².